The van der Waals surface area contributed by atoms with Gasteiger partial charge in [-0.05, 0) is 25.3 Å². The molecule has 2 N–H and O–H groups in total. The summed E-state index contributed by atoms with van der Waals surface area (Å²) in [5.74, 6) is 2.41. The number of hydrogen-bond donors (Lipinski definition) is 2. The van der Waals surface area contributed by atoms with E-state index < -0.39 is 0 Å². The monoisotopic (exact) mass is 504 g/mol. The van der Waals surface area contributed by atoms with E-state index in [1.807, 2.05) is 32.2 Å². The third-order valence-corrected chi connectivity index (χ3v) is 4.75. The van der Waals surface area contributed by atoms with E-state index in [-0.39, 0.29) is 24.0 Å². The standard InChI is InChI=1S/C21H36N4O2.HI/c1-5-27-20-9-7-6-8-18(20)15-23-21(22-4)24-16-19(14-17(2)3)25-10-12-26-13-11-25;/h6-9,17,19H,5,10-16H2,1-4H3,(H2,22,23,24);1H. The lowest BCUT2D eigenvalue weighted by Crippen LogP contribution is -2.51. The van der Waals surface area contributed by atoms with Crippen LogP contribution in [0.1, 0.15) is 32.8 Å². The Labute approximate surface area is 187 Å². The predicted octanol–water partition coefficient (Wildman–Crippen LogP) is 3.12. The zero-order valence-electron chi connectivity index (χ0n) is 17.7. The first-order valence-electron chi connectivity index (χ1n) is 10.1. The average Bonchev–Trinajstić information content (AvgIpc) is 2.69. The van der Waals surface area contributed by atoms with Gasteiger partial charge in [0.25, 0.3) is 0 Å². The van der Waals surface area contributed by atoms with Gasteiger partial charge < -0.3 is 20.1 Å². The third-order valence-electron chi connectivity index (χ3n) is 4.75. The highest BCUT2D eigenvalue weighted by atomic mass is 127. The van der Waals surface area contributed by atoms with Gasteiger partial charge in [0, 0.05) is 44.8 Å². The summed E-state index contributed by atoms with van der Waals surface area (Å²) in [7, 11) is 1.82. The summed E-state index contributed by atoms with van der Waals surface area (Å²) < 4.78 is 11.2. The smallest absolute Gasteiger partial charge is 0.191 e. The molecule has 0 amide bonds. The summed E-state index contributed by atoms with van der Waals surface area (Å²) in [5.41, 5.74) is 1.13. The number of hydrogen-bond acceptors (Lipinski definition) is 4. The number of rotatable bonds is 9. The molecule has 1 aliphatic rings. The summed E-state index contributed by atoms with van der Waals surface area (Å²) in [6, 6.07) is 8.62. The van der Waals surface area contributed by atoms with Gasteiger partial charge >= 0.3 is 0 Å². The maximum atomic E-state index is 5.71. The Bertz CT molecular complexity index is 577. The maximum absolute atomic E-state index is 5.71. The van der Waals surface area contributed by atoms with Gasteiger partial charge in [0.05, 0.1) is 19.8 Å². The fourth-order valence-corrected chi connectivity index (χ4v) is 3.41. The first-order chi connectivity index (χ1) is 13.1. The Hall–Kier alpha value is -1.06. The largest absolute Gasteiger partial charge is 0.494 e. The van der Waals surface area contributed by atoms with E-state index >= 15 is 0 Å². The van der Waals surface area contributed by atoms with E-state index in [4.69, 9.17) is 9.47 Å². The highest BCUT2D eigenvalue weighted by Crippen LogP contribution is 2.17. The van der Waals surface area contributed by atoms with Gasteiger partial charge in [-0.1, -0.05) is 32.0 Å². The SMILES string of the molecule is CCOc1ccccc1CNC(=NC)NCC(CC(C)C)N1CCOCC1.I. The Morgan fingerprint density at radius 2 is 1.93 bits per heavy atom. The number of ether oxygens (including phenoxy) is 2. The highest BCUT2D eigenvalue weighted by Gasteiger charge is 2.22. The Morgan fingerprint density at radius 3 is 2.57 bits per heavy atom. The molecule has 1 saturated heterocycles. The molecule has 0 saturated carbocycles. The quantitative estimate of drug-likeness (QED) is 0.308. The highest BCUT2D eigenvalue weighted by molar-refractivity contribution is 14.0. The van der Waals surface area contributed by atoms with Crippen molar-refractivity contribution in [3.63, 3.8) is 0 Å². The molecular weight excluding hydrogens is 467 g/mol. The molecule has 1 aromatic carbocycles. The van der Waals surface area contributed by atoms with E-state index in [1.54, 1.807) is 0 Å². The molecule has 1 aromatic rings. The number of aliphatic imine (C=N–C) groups is 1. The van der Waals surface area contributed by atoms with Crippen molar-refractivity contribution >= 4 is 29.9 Å². The summed E-state index contributed by atoms with van der Waals surface area (Å²) in [6.45, 7) is 12.5. The summed E-state index contributed by atoms with van der Waals surface area (Å²) >= 11 is 0. The average molecular weight is 504 g/mol. The minimum absolute atomic E-state index is 0. The fourth-order valence-electron chi connectivity index (χ4n) is 3.41. The molecular formula is C21H37IN4O2. The van der Waals surface area contributed by atoms with Gasteiger partial charge in [0.2, 0.25) is 0 Å². The van der Waals surface area contributed by atoms with Crippen LogP contribution in [0.3, 0.4) is 0 Å². The van der Waals surface area contributed by atoms with Gasteiger partial charge in [-0.25, -0.2) is 0 Å². The molecule has 1 heterocycles. The van der Waals surface area contributed by atoms with E-state index in [2.05, 4.69) is 40.4 Å². The minimum Gasteiger partial charge on any atom is -0.494 e. The second kappa shape index (κ2) is 14.0. The van der Waals surface area contributed by atoms with Gasteiger partial charge in [-0.3, -0.25) is 9.89 Å². The van der Waals surface area contributed by atoms with Gasteiger partial charge in [0.1, 0.15) is 5.75 Å². The molecule has 160 valence electrons. The number of para-hydroxylation sites is 1. The molecule has 6 nitrogen and oxygen atoms in total. The number of halogens is 1. The summed E-state index contributed by atoms with van der Waals surface area (Å²) in [4.78, 5) is 6.92. The van der Waals surface area contributed by atoms with Gasteiger partial charge in [-0.2, -0.15) is 0 Å². The molecule has 1 atom stereocenters. The Morgan fingerprint density at radius 1 is 1.21 bits per heavy atom. The molecule has 0 aromatic heterocycles. The first kappa shape index (κ1) is 25.0. The van der Waals surface area contributed by atoms with Crippen molar-refractivity contribution in [3.05, 3.63) is 29.8 Å². The van der Waals surface area contributed by atoms with Crippen molar-refractivity contribution in [2.45, 2.75) is 39.8 Å². The van der Waals surface area contributed by atoms with Crippen molar-refractivity contribution in [2.75, 3.05) is 46.5 Å². The molecule has 1 aliphatic heterocycles. The Balaban J connectivity index is 0.00000392. The van der Waals surface area contributed by atoms with Gasteiger partial charge in [-0.15, -0.1) is 24.0 Å². The number of guanidine groups is 1. The van der Waals surface area contributed by atoms with E-state index in [9.17, 15) is 0 Å². The van der Waals surface area contributed by atoms with Crippen LogP contribution in [0.25, 0.3) is 0 Å². The van der Waals surface area contributed by atoms with Crippen LogP contribution in [0.5, 0.6) is 5.75 Å². The molecule has 7 heteroatoms. The third kappa shape index (κ3) is 8.53. The van der Waals surface area contributed by atoms with Crippen LogP contribution in [0, 0.1) is 5.92 Å². The minimum atomic E-state index is 0. The molecule has 0 spiro atoms. The predicted molar refractivity (Wildman–Crippen MR) is 127 cm³/mol. The number of nitrogens with one attached hydrogen (secondary N) is 2. The molecule has 0 bridgehead atoms. The molecule has 1 fully saturated rings. The van der Waals surface area contributed by atoms with Crippen LogP contribution in [-0.2, 0) is 11.3 Å². The van der Waals surface area contributed by atoms with Crippen molar-refractivity contribution in [1.29, 1.82) is 0 Å². The van der Waals surface area contributed by atoms with Gasteiger partial charge in [0.15, 0.2) is 5.96 Å². The summed E-state index contributed by atoms with van der Waals surface area (Å²) in [6.07, 6.45) is 1.16. The van der Waals surface area contributed by atoms with Crippen LogP contribution >= 0.6 is 24.0 Å². The molecule has 28 heavy (non-hydrogen) atoms. The van der Waals surface area contributed by atoms with Crippen LogP contribution in [0.15, 0.2) is 29.3 Å². The van der Waals surface area contributed by atoms with Crippen LogP contribution in [0.2, 0.25) is 0 Å². The lowest BCUT2D eigenvalue weighted by atomic mass is 10.0. The zero-order valence-corrected chi connectivity index (χ0v) is 20.1. The van der Waals surface area contributed by atoms with E-state index in [0.29, 0.717) is 25.1 Å². The van der Waals surface area contributed by atoms with Crippen LogP contribution in [0.4, 0.5) is 0 Å². The lowest BCUT2D eigenvalue weighted by molar-refractivity contribution is 0.0132. The van der Waals surface area contributed by atoms with E-state index in [0.717, 1.165) is 56.5 Å². The molecule has 1 unspecified atom stereocenters. The zero-order chi connectivity index (χ0) is 19.5. The Kier molecular flexibility index (Phi) is 12.5. The van der Waals surface area contributed by atoms with Crippen molar-refractivity contribution in [3.8, 4) is 5.75 Å². The number of morpholine rings is 1. The molecule has 0 radical (unpaired) electrons. The summed E-state index contributed by atoms with van der Waals surface area (Å²) in [5, 5.41) is 6.92. The number of nitrogens with zero attached hydrogens (tertiary/aromatic N) is 2. The van der Waals surface area contributed by atoms with Crippen molar-refractivity contribution < 1.29 is 9.47 Å². The molecule has 2 rings (SSSR count). The lowest BCUT2D eigenvalue weighted by Gasteiger charge is -2.35. The van der Waals surface area contributed by atoms with Crippen molar-refractivity contribution in [2.24, 2.45) is 10.9 Å². The second-order valence-corrected chi connectivity index (χ2v) is 7.28. The normalized spacial score (nSPS) is 16.4. The maximum Gasteiger partial charge on any atom is 0.191 e. The van der Waals surface area contributed by atoms with E-state index in [1.165, 1.54) is 0 Å². The first-order valence-corrected chi connectivity index (χ1v) is 10.1. The topological polar surface area (TPSA) is 58.1 Å². The number of benzene rings is 1. The fraction of sp³-hybridized carbons (Fsp3) is 0.667. The van der Waals surface area contributed by atoms with Crippen molar-refractivity contribution in [1.82, 2.24) is 15.5 Å². The second-order valence-electron chi connectivity index (χ2n) is 7.28. The molecule has 0 aliphatic carbocycles. The van der Waals surface area contributed by atoms with Crippen LogP contribution < -0.4 is 15.4 Å². The van der Waals surface area contributed by atoms with Crippen LogP contribution in [-0.4, -0.2) is 63.4 Å².